The number of benzene rings is 1. The van der Waals surface area contributed by atoms with Gasteiger partial charge in [-0.3, -0.25) is 9.36 Å². The van der Waals surface area contributed by atoms with Crippen molar-refractivity contribution >= 4 is 21.6 Å². The monoisotopic (exact) mass is 314 g/mol. The van der Waals surface area contributed by atoms with Gasteiger partial charge >= 0.3 is 0 Å². The number of nitrogens with zero attached hydrogens (tertiary/aromatic N) is 2. The van der Waals surface area contributed by atoms with Crippen LogP contribution >= 0.6 is 11.3 Å². The molecular weight excluding hydrogens is 296 g/mol. The molecule has 3 aromatic rings. The van der Waals surface area contributed by atoms with Gasteiger partial charge in [-0.25, -0.2) is 4.98 Å². The van der Waals surface area contributed by atoms with Crippen molar-refractivity contribution in [3.8, 4) is 5.75 Å². The van der Waals surface area contributed by atoms with Gasteiger partial charge in [0.2, 0.25) is 0 Å². The molecule has 0 aliphatic heterocycles. The fourth-order valence-electron chi connectivity index (χ4n) is 2.52. The second-order valence-corrected chi connectivity index (χ2v) is 6.73. The molecule has 1 aromatic carbocycles. The Kier molecular flexibility index (Phi) is 3.98. The summed E-state index contributed by atoms with van der Waals surface area (Å²) in [6, 6.07) is 8.00. The summed E-state index contributed by atoms with van der Waals surface area (Å²) >= 11 is 1.54. The maximum absolute atomic E-state index is 12.4. The second-order valence-electron chi connectivity index (χ2n) is 5.49. The highest BCUT2D eigenvalue weighted by atomic mass is 32.1. The number of aryl methyl sites for hydroxylation is 3. The van der Waals surface area contributed by atoms with E-state index in [9.17, 15) is 4.79 Å². The number of hydrogen-bond acceptors (Lipinski definition) is 4. The van der Waals surface area contributed by atoms with Crippen LogP contribution in [0.25, 0.3) is 10.2 Å². The van der Waals surface area contributed by atoms with Crippen LogP contribution < -0.4 is 10.3 Å². The van der Waals surface area contributed by atoms with Crippen molar-refractivity contribution in [3.63, 3.8) is 0 Å². The van der Waals surface area contributed by atoms with E-state index in [0.717, 1.165) is 15.5 Å². The van der Waals surface area contributed by atoms with Gasteiger partial charge in [0.1, 0.15) is 17.2 Å². The summed E-state index contributed by atoms with van der Waals surface area (Å²) in [5.41, 5.74) is 2.34. The van der Waals surface area contributed by atoms with Crippen molar-refractivity contribution in [2.45, 2.75) is 27.3 Å². The van der Waals surface area contributed by atoms with Crippen molar-refractivity contribution < 1.29 is 4.74 Å². The third kappa shape index (κ3) is 3.04. The molecule has 3 rings (SSSR count). The van der Waals surface area contributed by atoms with E-state index in [4.69, 9.17) is 4.74 Å². The summed E-state index contributed by atoms with van der Waals surface area (Å²) in [4.78, 5) is 18.6. The van der Waals surface area contributed by atoms with Gasteiger partial charge in [-0.15, -0.1) is 11.3 Å². The number of thiophene rings is 1. The molecule has 0 N–H and O–H groups in total. The molecule has 2 aromatic heterocycles. The fraction of sp³-hybridized carbons (Fsp3) is 0.294. The predicted molar refractivity (Wildman–Crippen MR) is 90.0 cm³/mol. The summed E-state index contributed by atoms with van der Waals surface area (Å²) in [5.74, 6) is 0.839. The Morgan fingerprint density at radius 3 is 2.59 bits per heavy atom. The standard InChI is InChI=1S/C17H18N2O2S/c1-11-6-12(2)8-14(7-11)21-5-4-19-10-18-16-15(17(19)20)9-13(3)22-16/h6-10H,4-5H2,1-3H3. The molecule has 22 heavy (non-hydrogen) atoms. The van der Waals surface area contributed by atoms with Gasteiger partial charge in [-0.2, -0.15) is 0 Å². The molecule has 0 spiro atoms. The number of hydrogen-bond donors (Lipinski definition) is 0. The number of aromatic nitrogens is 2. The summed E-state index contributed by atoms with van der Waals surface area (Å²) in [7, 11) is 0. The van der Waals surface area contributed by atoms with Crippen LogP contribution in [-0.4, -0.2) is 16.2 Å². The zero-order valence-electron chi connectivity index (χ0n) is 12.9. The fourth-order valence-corrected chi connectivity index (χ4v) is 3.36. The van der Waals surface area contributed by atoms with Crippen molar-refractivity contribution in [3.05, 3.63) is 57.0 Å². The molecule has 5 heteroatoms. The largest absolute Gasteiger partial charge is 0.492 e. The maximum Gasteiger partial charge on any atom is 0.262 e. The predicted octanol–water partition coefficient (Wildman–Crippen LogP) is 3.46. The van der Waals surface area contributed by atoms with Crippen molar-refractivity contribution in [1.29, 1.82) is 0 Å². The smallest absolute Gasteiger partial charge is 0.262 e. The molecule has 2 heterocycles. The van der Waals surface area contributed by atoms with E-state index in [1.54, 1.807) is 22.2 Å². The molecule has 0 saturated heterocycles. The summed E-state index contributed by atoms with van der Waals surface area (Å²) < 4.78 is 7.37. The van der Waals surface area contributed by atoms with Crippen LogP contribution in [0.5, 0.6) is 5.75 Å². The van der Waals surface area contributed by atoms with Gasteiger partial charge in [-0.1, -0.05) is 6.07 Å². The first-order chi connectivity index (χ1) is 10.5. The van der Waals surface area contributed by atoms with Gasteiger partial charge in [0.25, 0.3) is 5.56 Å². The zero-order chi connectivity index (χ0) is 15.7. The normalized spacial score (nSPS) is 11.0. The van der Waals surface area contributed by atoms with Gasteiger partial charge in [0.05, 0.1) is 18.3 Å². The highest BCUT2D eigenvalue weighted by molar-refractivity contribution is 7.18. The molecule has 0 radical (unpaired) electrons. The Morgan fingerprint density at radius 1 is 1.14 bits per heavy atom. The van der Waals surface area contributed by atoms with Crippen molar-refractivity contribution in [1.82, 2.24) is 9.55 Å². The van der Waals surface area contributed by atoms with Crippen LogP contribution in [0.2, 0.25) is 0 Å². The lowest BCUT2D eigenvalue weighted by Crippen LogP contribution is -2.23. The minimum absolute atomic E-state index is 0.00151. The Balaban J connectivity index is 1.74. The quantitative estimate of drug-likeness (QED) is 0.741. The average molecular weight is 314 g/mol. The van der Waals surface area contributed by atoms with Gasteiger partial charge < -0.3 is 4.74 Å². The first kappa shape index (κ1) is 14.8. The van der Waals surface area contributed by atoms with Gasteiger partial charge in [0.15, 0.2) is 0 Å². The first-order valence-electron chi connectivity index (χ1n) is 7.19. The second kappa shape index (κ2) is 5.93. The van der Waals surface area contributed by atoms with E-state index in [2.05, 4.69) is 11.1 Å². The summed E-state index contributed by atoms with van der Waals surface area (Å²) in [5, 5.41) is 0.691. The van der Waals surface area contributed by atoms with Crippen LogP contribution in [0.3, 0.4) is 0 Å². The van der Waals surface area contributed by atoms with Crippen LogP contribution in [0.15, 0.2) is 35.4 Å². The van der Waals surface area contributed by atoms with Crippen LogP contribution in [0.1, 0.15) is 16.0 Å². The third-order valence-corrected chi connectivity index (χ3v) is 4.40. The van der Waals surface area contributed by atoms with E-state index < -0.39 is 0 Å². The van der Waals surface area contributed by atoms with E-state index in [1.165, 1.54) is 11.1 Å². The first-order valence-corrected chi connectivity index (χ1v) is 8.01. The number of rotatable bonds is 4. The lowest BCUT2D eigenvalue weighted by molar-refractivity contribution is 0.295. The van der Waals surface area contributed by atoms with Crippen LogP contribution in [-0.2, 0) is 6.54 Å². The molecule has 0 aliphatic rings. The summed E-state index contributed by atoms with van der Waals surface area (Å²) in [6.45, 7) is 7.00. The topological polar surface area (TPSA) is 44.1 Å². The lowest BCUT2D eigenvalue weighted by Gasteiger charge is -2.09. The van der Waals surface area contributed by atoms with Crippen molar-refractivity contribution in [2.24, 2.45) is 0 Å². The zero-order valence-corrected chi connectivity index (χ0v) is 13.7. The maximum atomic E-state index is 12.4. The number of ether oxygens (including phenoxy) is 1. The highest BCUT2D eigenvalue weighted by Gasteiger charge is 2.07. The number of fused-ring (bicyclic) bond motifs is 1. The highest BCUT2D eigenvalue weighted by Crippen LogP contribution is 2.19. The molecule has 0 atom stereocenters. The van der Waals surface area contributed by atoms with Crippen LogP contribution in [0, 0.1) is 20.8 Å². The van der Waals surface area contributed by atoms with Gasteiger partial charge in [-0.05, 0) is 50.1 Å². The Morgan fingerprint density at radius 2 is 1.86 bits per heavy atom. The minimum atomic E-state index is -0.00151. The molecular formula is C17H18N2O2S. The summed E-state index contributed by atoms with van der Waals surface area (Å²) in [6.07, 6.45) is 1.60. The van der Waals surface area contributed by atoms with Gasteiger partial charge in [0, 0.05) is 4.88 Å². The Labute approximate surface area is 133 Å². The molecule has 0 aliphatic carbocycles. The molecule has 0 fully saturated rings. The Hall–Kier alpha value is -2.14. The van der Waals surface area contributed by atoms with Crippen LogP contribution in [0.4, 0.5) is 0 Å². The molecule has 0 amide bonds. The van der Waals surface area contributed by atoms with E-state index in [1.807, 2.05) is 39.0 Å². The average Bonchev–Trinajstić information content (AvgIpc) is 2.82. The molecule has 0 saturated carbocycles. The Bertz CT molecular complexity index is 860. The molecule has 0 bridgehead atoms. The molecule has 4 nitrogen and oxygen atoms in total. The van der Waals surface area contributed by atoms with Crippen molar-refractivity contribution in [2.75, 3.05) is 6.61 Å². The molecule has 114 valence electrons. The lowest BCUT2D eigenvalue weighted by atomic mass is 10.1. The van der Waals surface area contributed by atoms with E-state index in [0.29, 0.717) is 18.5 Å². The molecule has 0 unspecified atom stereocenters. The SMILES string of the molecule is Cc1cc(C)cc(OCCn2cnc3sc(C)cc3c2=O)c1. The third-order valence-electron chi connectivity index (χ3n) is 3.44. The minimum Gasteiger partial charge on any atom is -0.492 e. The van der Waals surface area contributed by atoms with E-state index >= 15 is 0 Å². The van der Waals surface area contributed by atoms with E-state index in [-0.39, 0.29) is 5.56 Å².